The van der Waals surface area contributed by atoms with Gasteiger partial charge < -0.3 is 15.0 Å². The van der Waals surface area contributed by atoms with Crippen molar-refractivity contribution >= 4 is 27.5 Å². The molecule has 0 aromatic heterocycles. The second-order valence-electron chi connectivity index (χ2n) is 5.76. The number of nitrogens with one attached hydrogen (secondary N) is 1. The Labute approximate surface area is 146 Å². The Kier molecular flexibility index (Phi) is 5.41. The lowest BCUT2D eigenvalue weighted by Gasteiger charge is -2.36. The third-order valence-electron chi connectivity index (χ3n) is 4.22. The van der Waals surface area contributed by atoms with Gasteiger partial charge >= 0.3 is 0 Å². The lowest BCUT2D eigenvalue weighted by Crippen LogP contribution is -2.57. The molecule has 1 aromatic rings. The molecule has 2 fully saturated rings. The molecule has 1 atom stereocenters. The van der Waals surface area contributed by atoms with Gasteiger partial charge in [0.1, 0.15) is 6.04 Å². The van der Waals surface area contributed by atoms with Crippen LogP contribution in [0.15, 0.2) is 29.2 Å². The van der Waals surface area contributed by atoms with Crippen molar-refractivity contribution in [1.82, 2.24) is 14.5 Å². The maximum Gasteiger partial charge on any atom is 0.243 e. The van der Waals surface area contributed by atoms with Crippen molar-refractivity contribution in [2.24, 2.45) is 0 Å². The number of amides is 1. The largest absolute Gasteiger partial charge is 0.378 e. The van der Waals surface area contributed by atoms with Gasteiger partial charge in [-0.1, -0.05) is 11.6 Å². The number of ether oxygens (including phenoxy) is 1. The van der Waals surface area contributed by atoms with Crippen LogP contribution in [0.3, 0.4) is 0 Å². The van der Waals surface area contributed by atoms with Gasteiger partial charge in [-0.05, 0) is 24.3 Å². The van der Waals surface area contributed by atoms with Crippen molar-refractivity contribution in [3.63, 3.8) is 0 Å². The smallest absolute Gasteiger partial charge is 0.243 e. The van der Waals surface area contributed by atoms with Crippen LogP contribution in [0.25, 0.3) is 0 Å². The molecule has 132 valence electrons. The topological polar surface area (TPSA) is 79.0 Å². The standard InChI is InChI=1S/C15H20ClN3O4S/c16-12-1-3-13(4-2-12)24(21,22)19-8-6-18(7-9-19)15(20)14-11-23-10-5-17-14/h1-4,14,17H,5-11H2. The minimum absolute atomic E-state index is 0.0294. The summed E-state index contributed by atoms with van der Waals surface area (Å²) in [7, 11) is -3.56. The molecule has 7 nitrogen and oxygen atoms in total. The molecule has 2 heterocycles. The van der Waals surface area contributed by atoms with Gasteiger partial charge in [0.2, 0.25) is 15.9 Å². The highest BCUT2D eigenvalue weighted by Gasteiger charge is 2.33. The number of nitrogens with zero attached hydrogens (tertiary/aromatic N) is 2. The second kappa shape index (κ2) is 7.37. The molecule has 9 heteroatoms. The summed E-state index contributed by atoms with van der Waals surface area (Å²) >= 11 is 5.81. The van der Waals surface area contributed by atoms with Gasteiger partial charge in [0.15, 0.2) is 0 Å². The summed E-state index contributed by atoms with van der Waals surface area (Å²) < 4.78 is 32.0. The molecule has 0 spiro atoms. The fourth-order valence-corrected chi connectivity index (χ4v) is 4.40. The predicted octanol–water partition coefficient (Wildman–Crippen LogP) is 0.161. The van der Waals surface area contributed by atoms with Gasteiger partial charge in [0, 0.05) is 37.7 Å². The first-order valence-corrected chi connectivity index (χ1v) is 9.66. The molecule has 1 unspecified atom stereocenters. The number of benzene rings is 1. The number of sulfonamides is 1. The van der Waals surface area contributed by atoms with Crippen LogP contribution in [-0.4, -0.2) is 75.5 Å². The molecule has 1 amide bonds. The van der Waals surface area contributed by atoms with Crippen LogP contribution < -0.4 is 5.32 Å². The number of carbonyl (C=O) groups is 1. The van der Waals surface area contributed by atoms with Crippen molar-refractivity contribution in [2.45, 2.75) is 10.9 Å². The summed E-state index contributed by atoms with van der Waals surface area (Å²) in [6, 6.07) is 5.78. The normalized spacial score (nSPS) is 23.2. The first-order chi connectivity index (χ1) is 11.5. The molecular formula is C15H20ClN3O4S. The van der Waals surface area contributed by atoms with Crippen LogP contribution in [0.1, 0.15) is 0 Å². The summed E-state index contributed by atoms with van der Waals surface area (Å²) in [6.07, 6.45) is 0. The van der Waals surface area contributed by atoms with Gasteiger partial charge in [0.05, 0.1) is 18.1 Å². The summed E-state index contributed by atoms with van der Waals surface area (Å²) in [5.74, 6) is -0.0294. The van der Waals surface area contributed by atoms with E-state index in [-0.39, 0.29) is 29.9 Å². The Morgan fingerprint density at radius 3 is 2.42 bits per heavy atom. The monoisotopic (exact) mass is 373 g/mol. The minimum Gasteiger partial charge on any atom is -0.378 e. The number of carbonyl (C=O) groups excluding carboxylic acids is 1. The van der Waals surface area contributed by atoms with Gasteiger partial charge in [-0.15, -0.1) is 0 Å². The number of hydrogen-bond acceptors (Lipinski definition) is 5. The third kappa shape index (κ3) is 3.73. The highest BCUT2D eigenvalue weighted by molar-refractivity contribution is 7.89. The molecule has 1 aromatic carbocycles. The fraction of sp³-hybridized carbons (Fsp3) is 0.533. The van der Waals surface area contributed by atoms with Crippen LogP contribution in [-0.2, 0) is 19.6 Å². The van der Waals surface area contributed by atoms with Gasteiger partial charge in [0.25, 0.3) is 0 Å². The van der Waals surface area contributed by atoms with Crippen molar-refractivity contribution in [2.75, 3.05) is 45.9 Å². The maximum absolute atomic E-state index is 12.6. The van der Waals surface area contributed by atoms with Crippen LogP contribution in [0.5, 0.6) is 0 Å². The van der Waals surface area contributed by atoms with E-state index in [1.807, 2.05) is 0 Å². The van der Waals surface area contributed by atoms with E-state index in [9.17, 15) is 13.2 Å². The Balaban J connectivity index is 1.62. The fourth-order valence-electron chi connectivity index (χ4n) is 2.85. The highest BCUT2D eigenvalue weighted by atomic mass is 35.5. The van der Waals surface area contributed by atoms with E-state index in [1.165, 1.54) is 16.4 Å². The van der Waals surface area contributed by atoms with Gasteiger partial charge in [-0.2, -0.15) is 4.31 Å². The molecule has 3 rings (SSSR count). The van der Waals surface area contributed by atoms with E-state index < -0.39 is 10.0 Å². The maximum atomic E-state index is 12.6. The number of rotatable bonds is 3. The lowest BCUT2D eigenvalue weighted by atomic mass is 10.2. The number of morpholine rings is 1. The Hall–Kier alpha value is -1.19. The van der Waals surface area contributed by atoms with Gasteiger partial charge in [-0.3, -0.25) is 4.79 Å². The molecule has 2 aliphatic heterocycles. The molecule has 0 bridgehead atoms. The van der Waals surface area contributed by atoms with E-state index in [2.05, 4.69) is 5.32 Å². The number of halogens is 1. The Morgan fingerprint density at radius 2 is 1.83 bits per heavy atom. The van der Waals surface area contributed by atoms with E-state index in [0.717, 1.165) is 0 Å². The van der Waals surface area contributed by atoms with E-state index >= 15 is 0 Å². The first kappa shape index (κ1) is 17.6. The summed E-state index contributed by atoms with van der Waals surface area (Å²) in [5.41, 5.74) is 0. The third-order valence-corrected chi connectivity index (χ3v) is 6.39. The molecular weight excluding hydrogens is 354 g/mol. The minimum atomic E-state index is -3.56. The van der Waals surface area contributed by atoms with Crippen molar-refractivity contribution < 1.29 is 17.9 Å². The number of hydrogen-bond donors (Lipinski definition) is 1. The lowest BCUT2D eigenvalue weighted by molar-refractivity contribution is -0.137. The zero-order valence-corrected chi connectivity index (χ0v) is 14.7. The predicted molar refractivity (Wildman–Crippen MR) is 89.4 cm³/mol. The first-order valence-electron chi connectivity index (χ1n) is 7.84. The van der Waals surface area contributed by atoms with E-state index in [4.69, 9.17) is 16.3 Å². The van der Waals surface area contributed by atoms with E-state index in [0.29, 0.717) is 37.9 Å². The van der Waals surface area contributed by atoms with E-state index in [1.54, 1.807) is 17.0 Å². The average Bonchev–Trinajstić information content (AvgIpc) is 2.62. The molecule has 1 N–H and O–H groups in total. The molecule has 0 saturated carbocycles. The molecule has 0 aliphatic carbocycles. The SMILES string of the molecule is O=C(C1COCCN1)N1CCN(S(=O)(=O)c2ccc(Cl)cc2)CC1. The molecule has 2 saturated heterocycles. The van der Waals surface area contributed by atoms with Crippen LogP contribution in [0.4, 0.5) is 0 Å². The van der Waals surface area contributed by atoms with Crippen LogP contribution >= 0.6 is 11.6 Å². The second-order valence-corrected chi connectivity index (χ2v) is 8.14. The summed E-state index contributed by atoms with van der Waals surface area (Å²) in [4.78, 5) is 14.3. The van der Waals surface area contributed by atoms with Crippen LogP contribution in [0.2, 0.25) is 5.02 Å². The zero-order chi connectivity index (χ0) is 17.2. The molecule has 2 aliphatic rings. The van der Waals surface area contributed by atoms with Gasteiger partial charge in [-0.25, -0.2) is 8.42 Å². The Morgan fingerprint density at radius 1 is 1.17 bits per heavy atom. The quantitative estimate of drug-likeness (QED) is 0.816. The number of piperazine rings is 1. The van der Waals surface area contributed by atoms with Crippen molar-refractivity contribution in [1.29, 1.82) is 0 Å². The molecule has 24 heavy (non-hydrogen) atoms. The van der Waals surface area contributed by atoms with Crippen molar-refractivity contribution in [3.8, 4) is 0 Å². The highest BCUT2D eigenvalue weighted by Crippen LogP contribution is 2.20. The average molecular weight is 374 g/mol. The molecule has 0 radical (unpaired) electrons. The zero-order valence-electron chi connectivity index (χ0n) is 13.2. The summed E-state index contributed by atoms with van der Waals surface area (Å²) in [5, 5.41) is 3.62. The Bertz CT molecular complexity index is 681. The van der Waals surface area contributed by atoms with Crippen molar-refractivity contribution in [3.05, 3.63) is 29.3 Å². The summed E-state index contributed by atoms with van der Waals surface area (Å²) in [6.45, 7) is 2.95. The van der Waals surface area contributed by atoms with Crippen LogP contribution in [0, 0.1) is 0 Å².